The van der Waals surface area contributed by atoms with Crippen molar-refractivity contribution in [3.63, 3.8) is 0 Å². The Labute approximate surface area is 167 Å². The van der Waals surface area contributed by atoms with Crippen LogP contribution in [0.4, 0.5) is 5.69 Å². The van der Waals surface area contributed by atoms with Gasteiger partial charge in [-0.2, -0.15) is 0 Å². The summed E-state index contributed by atoms with van der Waals surface area (Å²) in [5, 5.41) is 25.6. The second-order valence-corrected chi connectivity index (χ2v) is 6.45. The molecular weight excluding hydrogens is 380 g/mol. The van der Waals surface area contributed by atoms with E-state index in [0.29, 0.717) is 0 Å². The first kappa shape index (κ1) is 21.9. The molecule has 1 fully saturated rings. The zero-order chi connectivity index (χ0) is 21.2. The molecule has 0 saturated carbocycles. The van der Waals surface area contributed by atoms with E-state index in [1.807, 2.05) is 18.3 Å². The number of aromatic nitrogens is 1. The van der Waals surface area contributed by atoms with Crippen LogP contribution in [0.2, 0.25) is 0 Å². The van der Waals surface area contributed by atoms with Crippen molar-refractivity contribution in [2.75, 3.05) is 26.2 Å². The molecule has 1 aliphatic heterocycles. The highest BCUT2D eigenvalue weighted by atomic mass is 16.6. The van der Waals surface area contributed by atoms with Gasteiger partial charge in [0.2, 0.25) is 0 Å². The van der Waals surface area contributed by atoms with E-state index in [1.54, 1.807) is 18.3 Å². The molecule has 1 aromatic carbocycles. The molecule has 1 saturated heterocycles. The van der Waals surface area contributed by atoms with Crippen LogP contribution < -0.4 is 0 Å². The third-order valence-corrected chi connectivity index (χ3v) is 4.30. The fraction of sp³-hybridized carbons (Fsp3) is 0.316. The summed E-state index contributed by atoms with van der Waals surface area (Å²) >= 11 is 0. The first-order chi connectivity index (χ1) is 13.8. The van der Waals surface area contributed by atoms with Crippen LogP contribution in [0.3, 0.4) is 0 Å². The molecule has 2 aromatic rings. The standard InChI is InChI=1S/C17H20N4O2.C2H2O4/c22-21(23)17-5-1-3-15(11-17)13-19-7-9-20(10-8-19)14-16-4-2-6-18-12-16;3-1(4)2(5)6/h1-6,11-12H,7-10,13-14H2;(H,3,4)(H,5,6). The number of nitrogens with zero attached hydrogens (tertiary/aromatic N) is 4. The van der Waals surface area contributed by atoms with Crippen LogP contribution in [0.25, 0.3) is 0 Å². The van der Waals surface area contributed by atoms with Crippen molar-refractivity contribution in [3.8, 4) is 0 Å². The molecule has 2 heterocycles. The van der Waals surface area contributed by atoms with Crippen molar-refractivity contribution >= 4 is 17.6 Å². The highest BCUT2D eigenvalue weighted by molar-refractivity contribution is 6.27. The Balaban J connectivity index is 0.000000438. The number of carboxylic acids is 2. The van der Waals surface area contributed by atoms with E-state index >= 15 is 0 Å². The zero-order valence-electron chi connectivity index (χ0n) is 15.7. The molecule has 10 nitrogen and oxygen atoms in total. The Morgan fingerprint density at radius 2 is 1.52 bits per heavy atom. The highest BCUT2D eigenvalue weighted by Crippen LogP contribution is 2.16. The van der Waals surface area contributed by atoms with E-state index in [-0.39, 0.29) is 10.6 Å². The van der Waals surface area contributed by atoms with E-state index in [1.165, 1.54) is 11.6 Å². The number of non-ortho nitro benzene ring substituents is 1. The summed E-state index contributed by atoms with van der Waals surface area (Å²) in [6.07, 6.45) is 3.70. The summed E-state index contributed by atoms with van der Waals surface area (Å²) in [7, 11) is 0. The summed E-state index contributed by atoms with van der Waals surface area (Å²) < 4.78 is 0. The van der Waals surface area contributed by atoms with Crippen LogP contribution in [0, 0.1) is 10.1 Å². The van der Waals surface area contributed by atoms with Gasteiger partial charge in [-0.15, -0.1) is 0 Å². The third kappa shape index (κ3) is 7.64. The van der Waals surface area contributed by atoms with E-state index in [0.717, 1.165) is 44.8 Å². The normalized spacial score (nSPS) is 14.5. The van der Waals surface area contributed by atoms with Crippen LogP contribution in [0.15, 0.2) is 48.8 Å². The molecular formula is C19H22N4O6. The predicted molar refractivity (Wildman–Crippen MR) is 103 cm³/mol. The number of rotatable bonds is 5. The maximum absolute atomic E-state index is 10.8. The van der Waals surface area contributed by atoms with Gasteiger partial charge >= 0.3 is 11.9 Å². The summed E-state index contributed by atoms with van der Waals surface area (Å²) in [6, 6.07) is 11.0. The smallest absolute Gasteiger partial charge is 0.414 e. The second kappa shape index (κ2) is 10.8. The van der Waals surface area contributed by atoms with Crippen molar-refractivity contribution in [1.82, 2.24) is 14.8 Å². The lowest BCUT2D eigenvalue weighted by molar-refractivity contribution is -0.384. The molecule has 1 aromatic heterocycles. The Morgan fingerprint density at radius 1 is 0.966 bits per heavy atom. The van der Waals surface area contributed by atoms with Gasteiger partial charge in [-0.1, -0.05) is 18.2 Å². The number of pyridine rings is 1. The van der Waals surface area contributed by atoms with Crippen LogP contribution in [-0.4, -0.2) is 68.0 Å². The molecule has 0 aliphatic carbocycles. The van der Waals surface area contributed by atoms with Crippen LogP contribution in [0.1, 0.15) is 11.1 Å². The Kier molecular flexibility index (Phi) is 8.19. The lowest BCUT2D eigenvalue weighted by Gasteiger charge is -2.34. The topological polar surface area (TPSA) is 137 Å². The number of nitro groups is 1. The highest BCUT2D eigenvalue weighted by Gasteiger charge is 2.17. The van der Waals surface area contributed by atoms with Gasteiger partial charge in [0.1, 0.15) is 0 Å². The van der Waals surface area contributed by atoms with Crippen molar-refractivity contribution in [1.29, 1.82) is 0 Å². The molecule has 0 spiro atoms. The lowest BCUT2D eigenvalue weighted by Crippen LogP contribution is -2.45. The number of nitro benzene ring substituents is 1. The Hall–Kier alpha value is -3.37. The molecule has 0 amide bonds. The molecule has 29 heavy (non-hydrogen) atoms. The van der Waals surface area contributed by atoms with Crippen molar-refractivity contribution in [2.45, 2.75) is 13.1 Å². The number of hydrogen-bond acceptors (Lipinski definition) is 7. The molecule has 0 atom stereocenters. The van der Waals surface area contributed by atoms with Crippen LogP contribution >= 0.6 is 0 Å². The average Bonchev–Trinajstić information content (AvgIpc) is 2.71. The van der Waals surface area contributed by atoms with Crippen molar-refractivity contribution in [3.05, 3.63) is 70.0 Å². The summed E-state index contributed by atoms with van der Waals surface area (Å²) in [5.74, 6) is -3.65. The van der Waals surface area contributed by atoms with Gasteiger partial charge in [-0.25, -0.2) is 9.59 Å². The SMILES string of the molecule is O=C(O)C(=O)O.O=[N+]([O-])c1cccc(CN2CCN(Cc3cccnc3)CC2)c1. The Morgan fingerprint density at radius 3 is 2.00 bits per heavy atom. The minimum atomic E-state index is -1.82. The third-order valence-electron chi connectivity index (χ3n) is 4.30. The molecule has 154 valence electrons. The van der Waals surface area contributed by atoms with Gasteiger partial charge in [0.05, 0.1) is 4.92 Å². The first-order valence-corrected chi connectivity index (χ1v) is 8.88. The van der Waals surface area contributed by atoms with Gasteiger partial charge in [-0.05, 0) is 17.2 Å². The fourth-order valence-corrected chi connectivity index (χ4v) is 2.88. The predicted octanol–water partition coefficient (Wildman–Crippen LogP) is 1.46. The Bertz CT molecular complexity index is 826. The van der Waals surface area contributed by atoms with Gasteiger partial charge in [-0.3, -0.25) is 24.9 Å². The molecule has 0 unspecified atom stereocenters. The lowest BCUT2D eigenvalue weighted by atomic mass is 10.1. The number of benzene rings is 1. The first-order valence-electron chi connectivity index (χ1n) is 8.88. The molecule has 0 bridgehead atoms. The fourth-order valence-electron chi connectivity index (χ4n) is 2.88. The number of carboxylic acid groups (broad SMARTS) is 2. The van der Waals surface area contributed by atoms with Crippen molar-refractivity contribution in [2.24, 2.45) is 0 Å². The van der Waals surface area contributed by atoms with E-state index in [4.69, 9.17) is 19.8 Å². The second-order valence-electron chi connectivity index (χ2n) is 6.45. The molecule has 2 N–H and O–H groups in total. The van der Waals surface area contributed by atoms with Gasteiger partial charge in [0.15, 0.2) is 0 Å². The van der Waals surface area contributed by atoms with Gasteiger partial charge in [0.25, 0.3) is 5.69 Å². The minimum Gasteiger partial charge on any atom is -0.473 e. The van der Waals surface area contributed by atoms with E-state index in [2.05, 4.69) is 20.9 Å². The monoisotopic (exact) mass is 402 g/mol. The number of piperazine rings is 1. The maximum atomic E-state index is 10.8. The largest absolute Gasteiger partial charge is 0.473 e. The average molecular weight is 402 g/mol. The van der Waals surface area contributed by atoms with Gasteiger partial charge in [0, 0.05) is 63.8 Å². The van der Waals surface area contributed by atoms with Crippen LogP contribution in [-0.2, 0) is 22.7 Å². The number of aliphatic carboxylic acids is 2. The minimum absolute atomic E-state index is 0.165. The summed E-state index contributed by atoms with van der Waals surface area (Å²) in [5.41, 5.74) is 2.40. The molecule has 0 radical (unpaired) electrons. The molecule has 1 aliphatic rings. The summed E-state index contributed by atoms with van der Waals surface area (Å²) in [6.45, 7) is 5.65. The number of carbonyl (C=O) groups is 2. The van der Waals surface area contributed by atoms with Crippen LogP contribution in [0.5, 0.6) is 0 Å². The number of hydrogen-bond donors (Lipinski definition) is 2. The van der Waals surface area contributed by atoms with Gasteiger partial charge < -0.3 is 10.2 Å². The zero-order valence-corrected chi connectivity index (χ0v) is 15.7. The van der Waals surface area contributed by atoms with E-state index in [9.17, 15) is 10.1 Å². The van der Waals surface area contributed by atoms with E-state index < -0.39 is 11.9 Å². The quantitative estimate of drug-likeness (QED) is 0.432. The van der Waals surface area contributed by atoms with Crippen molar-refractivity contribution < 1.29 is 24.7 Å². The summed E-state index contributed by atoms with van der Waals surface area (Å²) in [4.78, 5) is 37.6. The molecule has 10 heteroatoms. The molecule has 3 rings (SSSR count). The maximum Gasteiger partial charge on any atom is 0.414 e.